The van der Waals surface area contributed by atoms with Crippen LogP contribution in [-0.2, 0) is 9.59 Å². The summed E-state index contributed by atoms with van der Waals surface area (Å²) in [4.78, 5) is 35.3. The van der Waals surface area contributed by atoms with E-state index >= 15 is 0 Å². The highest BCUT2D eigenvalue weighted by Crippen LogP contribution is 2.44. The molecular formula is C16H28N4O4S. The standard InChI is InChI=1S/C16H28N4O4S/c17-8-4-1-5-9-18-14(23)16(7-3-2-6-12(21)22)13-11(10-25-16)19-15(24)20-13/h11,13H,1-10,17H2,(H,18,23)(H,21,22)(H2,19,20,24)/t11-,13-,16-/m0/s1. The molecule has 9 heteroatoms. The lowest BCUT2D eigenvalue weighted by atomic mass is 9.88. The molecule has 2 fully saturated rings. The lowest BCUT2D eigenvalue weighted by Crippen LogP contribution is -2.56. The van der Waals surface area contributed by atoms with E-state index in [1.54, 1.807) is 11.8 Å². The molecule has 2 rings (SSSR count). The number of fused-ring (bicyclic) bond motifs is 1. The Morgan fingerprint density at radius 3 is 2.76 bits per heavy atom. The number of hydrogen-bond donors (Lipinski definition) is 5. The van der Waals surface area contributed by atoms with E-state index < -0.39 is 10.7 Å². The van der Waals surface area contributed by atoms with Crippen molar-refractivity contribution in [2.75, 3.05) is 18.8 Å². The summed E-state index contributed by atoms with van der Waals surface area (Å²) >= 11 is 1.56. The predicted octanol–water partition coefficient (Wildman–Crippen LogP) is 0.412. The van der Waals surface area contributed by atoms with Crippen molar-refractivity contribution >= 4 is 29.7 Å². The molecule has 0 aromatic carbocycles. The number of rotatable bonds is 11. The average Bonchev–Trinajstić information content (AvgIpc) is 3.09. The highest BCUT2D eigenvalue weighted by Gasteiger charge is 2.57. The van der Waals surface area contributed by atoms with Crippen molar-refractivity contribution in [2.24, 2.45) is 5.73 Å². The van der Waals surface area contributed by atoms with Gasteiger partial charge in [0.15, 0.2) is 0 Å². The van der Waals surface area contributed by atoms with Gasteiger partial charge in [-0.25, -0.2) is 4.79 Å². The van der Waals surface area contributed by atoms with E-state index in [0.717, 1.165) is 19.3 Å². The maximum atomic E-state index is 12.9. The number of carbonyl (C=O) groups is 3. The van der Waals surface area contributed by atoms with Gasteiger partial charge < -0.3 is 26.8 Å². The van der Waals surface area contributed by atoms with E-state index in [2.05, 4.69) is 16.0 Å². The molecule has 2 saturated heterocycles. The zero-order chi connectivity index (χ0) is 18.3. The van der Waals surface area contributed by atoms with Gasteiger partial charge in [0, 0.05) is 18.7 Å². The fourth-order valence-electron chi connectivity index (χ4n) is 3.45. The number of unbranched alkanes of at least 4 members (excludes halogenated alkanes) is 3. The quantitative estimate of drug-likeness (QED) is 0.263. The van der Waals surface area contributed by atoms with Crippen molar-refractivity contribution in [1.29, 1.82) is 0 Å². The number of carboxylic acids is 1. The molecule has 6 N–H and O–H groups in total. The Balaban J connectivity index is 1.95. The van der Waals surface area contributed by atoms with Gasteiger partial charge in [-0.15, -0.1) is 11.8 Å². The van der Waals surface area contributed by atoms with Crippen molar-refractivity contribution < 1.29 is 19.5 Å². The fraction of sp³-hybridized carbons (Fsp3) is 0.812. The molecule has 2 aliphatic rings. The molecule has 25 heavy (non-hydrogen) atoms. The molecule has 142 valence electrons. The van der Waals surface area contributed by atoms with Crippen LogP contribution in [0.3, 0.4) is 0 Å². The summed E-state index contributed by atoms with van der Waals surface area (Å²) < 4.78 is -0.726. The molecule has 0 spiro atoms. The van der Waals surface area contributed by atoms with Crippen LogP contribution in [0.5, 0.6) is 0 Å². The van der Waals surface area contributed by atoms with E-state index in [0.29, 0.717) is 38.1 Å². The molecule has 8 nitrogen and oxygen atoms in total. The number of urea groups is 1. The second-order valence-corrected chi connectivity index (χ2v) is 7.96. The van der Waals surface area contributed by atoms with E-state index in [1.807, 2.05) is 0 Å². The number of amides is 3. The van der Waals surface area contributed by atoms with Crippen LogP contribution in [-0.4, -0.2) is 58.7 Å². The van der Waals surface area contributed by atoms with E-state index in [-0.39, 0.29) is 30.4 Å². The van der Waals surface area contributed by atoms with Gasteiger partial charge in [0.2, 0.25) is 5.91 Å². The smallest absolute Gasteiger partial charge is 0.315 e. The first-order valence-corrected chi connectivity index (χ1v) is 9.89. The van der Waals surface area contributed by atoms with E-state index in [4.69, 9.17) is 10.8 Å². The van der Waals surface area contributed by atoms with Gasteiger partial charge in [0.25, 0.3) is 0 Å². The van der Waals surface area contributed by atoms with Crippen LogP contribution in [0.1, 0.15) is 44.9 Å². The highest BCUT2D eigenvalue weighted by atomic mass is 32.2. The van der Waals surface area contributed by atoms with Crippen LogP contribution < -0.4 is 21.7 Å². The Kier molecular flexibility index (Phi) is 7.37. The van der Waals surface area contributed by atoms with E-state index in [9.17, 15) is 14.4 Å². The number of carboxylic acid groups (broad SMARTS) is 1. The van der Waals surface area contributed by atoms with Crippen LogP contribution in [0.25, 0.3) is 0 Å². The summed E-state index contributed by atoms with van der Waals surface area (Å²) in [5.74, 6) is -0.202. The van der Waals surface area contributed by atoms with Crippen molar-refractivity contribution in [3.8, 4) is 0 Å². The number of thioether (sulfide) groups is 1. The Labute approximate surface area is 152 Å². The number of nitrogens with one attached hydrogen (secondary N) is 3. The molecule has 0 aliphatic carbocycles. The van der Waals surface area contributed by atoms with Crippen LogP contribution >= 0.6 is 11.8 Å². The first kappa shape index (κ1) is 19.8. The largest absolute Gasteiger partial charge is 0.481 e. The Bertz CT molecular complexity index is 505. The number of nitrogens with two attached hydrogens (primary N) is 1. The van der Waals surface area contributed by atoms with Gasteiger partial charge in [-0.05, 0) is 32.2 Å². The maximum Gasteiger partial charge on any atom is 0.315 e. The summed E-state index contributed by atoms with van der Waals surface area (Å²) in [5.41, 5.74) is 5.47. The van der Waals surface area contributed by atoms with E-state index in [1.165, 1.54) is 0 Å². The number of hydrogen-bond acceptors (Lipinski definition) is 5. The normalized spacial score (nSPS) is 27.5. The van der Waals surface area contributed by atoms with Gasteiger partial charge in [-0.3, -0.25) is 9.59 Å². The van der Waals surface area contributed by atoms with Crippen molar-refractivity contribution in [3.05, 3.63) is 0 Å². The molecule has 3 amide bonds. The molecule has 0 bridgehead atoms. The summed E-state index contributed by atoms with van der Waals surface area (Å²) in [7, 11) is 0. The molecular weight excluding hydrogens is 344 g/mol. The van der Waals surface area contributed by atoms with Crippen LogP contribution in [0.15, 0.2) is 0 Å². The van der Waals surface area contributed by atoms with Crippen molar-refractivity contribution in [3.63, 3.8) is 0 Å². The van der Waals surface area contributed by atoms with Gasteiger partial charge in [-0.2, -0.15) is 0 Å². The average molecular weight is 372 g/mol. The van der Waals surface area contributed by atoms with Crippen LogP contribution in [0.4, 0.5) is 4.79 Å². The SMILES string of the molecule is NCCCCCNC(=O)[C@@]1(CCCCC(=O)O)SC[C@@H]2NC(=O)N[C@@H]21. The summed E-state index contributed by atoms with van der Waals surface area (Å²) in [5, 5.41) is 17.5. The Hall–Kier alpha value is -1.48. The zero-order valence-electron chi connectivity index (χ0n) is 14.4. The number of aliphatic carboxylic acids is 1. The minimum absolute atomic E-state index is 0.0556. The minimum Gasteiger partial charge on any atom is -0.481 e. The first-order valence-electron chi connectivity index (χ1n) is 8.91. The summed E-state index contributed by atoms with van der Waals surface area (Å²) in [6.07, 6.45) is 4.61. The van der Waals surface area contributed by atoms with Gasteiger partial charge in [-0.1, -0.05) is 12.8 Å². The lowest BCUT2D eigenvalue weighted by Gasteiger charge is -2.32. The third-order valence-electron chi connectivity index (χ3n) is 4.77. The highest BCUT2D eigenvalue weighted by molar-refractivity contribution is 8.01. The fourth-order valence-corrected chi connectivity index (χ4v) is 5.10. The Morgan fingerprint density at radius 2 is 2.04 bits per heavy atom. The van der Waals surface area contributed by atoms with Crippen molar-refractivity contribution in [2.45, 2.75) is 61.8 Å². The predicted molar refractivity (Wildman–Crippen MR) is 96.5 cm³/mol. The topological polar surface area (TPSA) is 134 Å². The first-order chi connectivity index (χ1) is 12.0. The number of carbonyl (C=O) groups excluding carboxylic acids is 2. The molecule has 3 atom stereocenters. The van der Waals surface area contributed by atoms with Gasteiger partial charge >= 0.3 is 12.0 Å². The molecule has 0 saturated carbocycles. The second-order valence-electron chi connectivity index (χ2n) is 6.61. The molecule has 0 aromatic rings. The monoisotopic (exact) mass is 372 g/mol. The molecule has 2 aliphatic heterocycles. The summed E-state index contributed by atoms with van der Waals surface area (Å²) in [6, 6.07) is -0.542. The molecule has 0 aromatic heterocycles. The van der Waals surface area contributed by atoms with Crippen LogP contribution in [0, 0.1) is 0 Å². The third-order valence-corrected chi connectivity index (χ3v) is 6.45. The zero-order valence-corrected chi connectivity index (χ0v) is 15.2. The third kappa shape index (κ3) is 5.01. The lowest BCUT2D eigenvalue weighted by molar-refractivity contribution is -0.137. The second kappa shape index (κ2) is 9.28. The van der Waals surface area contributed by atoms with Crippen LogP contribution in [0.2, 0.25) is 0 Å². The van der Waals surface area contributed by atoms with Gasteiger partial charge in [0.1, 0.15) is 4.75 Å². The molecule has 2 heterocycles. The molecule has 0 unspecified atom stereocenters. The van der Waals surface area contributed by atoms with Crippen molar-refractivity contribution in [1.82, 2.24) is 16.0 Å². The maximum absolute atomic E-state index is 12.9. The summed E-state index contributed by atoms with van der Waals surface area (Å²) in [6.45, 7) is 1.24. The minimum atomic E-state index is -0.828. The molecule has 0 radical (unpaired) electrons. The Morgan fingerprint density at radius 1 is 1.24 bits per heavy atom. The van der Waals surface area contributed by atoms with Gasteiger partial charge in [0.05, 0.1) is 12.1 Å².